The number of hydrogen-bond acceptors (Lipinski definition) is 7. The molecule has 0 bridgehead atoms. The Bertz CT molecular complexity index is 1120. The Morgan fingerprint density at radius 3 is 2.67 bits per heavy atom. The minimum atomic E-state index is 0.550. The average molecular weight is 403 g/mol. The molecule has 3 aromatic heterocycles. The maximum Gasteiger partial charge on any atom is 0.198 e. The van der Waals surface area contributed by atoms with E-state index >= 15 is 0 Å². The maximum absolute atomic E-state index is 5.55. The summed E-state index contributed by atoms with van der Waals surface area (Å²) in [4.78, 5) is 9.45. The van der Waals surface area contributed by atoms with Gasteiger partial charge in [0.1, 0.15) is 5.52 Å². The topological polar surface area (TPSA) is 88.8 Å². The first-order valence-electron chi connectivity index (χ1n) is 10.8. The van der Waals surface area contributed by atoms with Crippen LogP contribution >= 0.6 is 0 Å². The third-order valence-electron chi connectivity index (χ3n) is 5.73. The third-order valence-corrected chi connectivity index (χ3v) is 5.73. The molecule has 5 rings (SSSR count). The number of aromatic nitrogens is 4. The summed E-state index contributed by atoms with van der Waals surface area (Å²) >= 11 is 0. The van der Waals surface area contributed by atoms with Gasteiger partial charge in [-0.25, -0.2) is 9.97 Å². The predicted molar refractivity (Wildman–Crippen MR) is 118 cm³/mol. The summed E-state index contributed by atoms with van der Waals surface area (Å²) in [6.45, 7) is 1.80. The van der Waals surface area contributed by atoms with Crippen LogP contribution in [0.25, 0.3) is 33.5 Å². The first-order chi connectivity index (χ1) is 14.9. The van der Waals surface area contributed by atoms with E-state index in [1.165, 1.54) is 32.1 Å². The van der Waals surface area contributed by atoms with Gasteiger partial charge in [-0.1, -0.05) is 37.5 Å². The van der Waals surface area contributed by atoms with E-state index in [1.807, 2.05) is 36.4 Å². The quantitative estimate of drug-likeness (QED) is 0.346. The number of nitrogens with zero attached hydrogens (tertiary/aromatic N) is 4. The highest BCUT2D eigenvalue weighted by Gasteiger charge is 2.16. The van der Waals surface area contributed by atoms with Crippen LogP contribution in [0.2, 0.25) is 0 Å². The molecule has 0 amide bonds. The first kappa shape index (κ1) is 18.9. The Labute approximate surface area is 175 Å². The van der Waals surface area contributed by atoms with Gasteiger partial charge in [-0.3, -0.25) is 0 Å². The SMILES string of the molecule is c1coc(-c2nc(NCCCNC3CCCCC3)c3nnc4ccccc4c3n2)c1. The largest absolute Gasteiger partial charge is 0.461 e. The number of benzene rings is 1. The molecule has 154 valence electrons. The van der Waals surface area contributed by atoms with Crippen molar-refractivity contribution in [3.63, 3.8) is 0 Å². The van der Waals surface area contributed by atoms with Crippen LogP contribution in [0.3, 0.4) is 0 Å². The van der Waals surface area contributed by atoms with E-state index in [2.05, 4.69) is 20.8 Å². The van der Waals surface area contributed by atoms with Crippen molar-refractivity contribution in [3.05, 3.63) is 42.7 Å². The van der Waals surface area contributed by atoms with Crippen molar-refractivity contribution in [2.45, 2.75) is 44.6 Å². The highest BCUT2D eigenvalue weighted by molar-refractivity contribution is 6.04. The Morgan fingerprint density at radius 1 is 0.900 bits per heavy atom. The van der Waals surface area contributed by atoms with Gasteiger partial charge in [0.25, 0.3) is 0 Å². The molecule has 30 heavy (non-hydrogen) atoms. The van der Waals surface area contributed by atoms with Crippen molar-refractivity contribution in [3.8, 4) is 11.6 Å². The van der Waals surface area contributed by atoms with Gasteiger partial charge in [-0.05, 0) is 44.0 Å². The fourth-order valence-corrected chi connectivity index (χ4v) is 4.15. The van der Waals surface area contributed by atoms with Crippen LogP contribution in [0.15, 0.2) is 47.1 Å². The standard InChI is InChI=1S/C23H26N6O/c1-2-8-16(9-3-1)24-13-7-14-25-23-21-20(17-10-4-5-11-18(17)28-29-21)26-22(27-23)19-12-6-15-30-19/h4-6,10-12,15-16,24H,1-3,7-9,13-14H2,(H,25,26,27). The van der Waals surface area contributed by atoms with Crippen LogP contribution in [0.4, 0.5) is 5.82 Å². The zero-order valence-corrected chi connectivity index (χ0v) is 17.0. The molecule has 1 aromatic carbocycles. The Morgan fingerprint density at radius 2 is 1.80 bits per heavy atom. The van der Waals surface area contributed by atoms with Gasteiger partial charge in [0.05, 0.1) is 11.8 Å². The highest BCUT2D eigenvalue weighted by Crippen LogP contribution is 2.28. The summed E-state index contributed by atoms with van der Waals surface area (Å²) in [6, 6.07) is 12.3. The number of fused-ring (bicyclic) bond motifs is 3. The number of hydrogen-bond donors (Lipinski definition) is 2. The molecule has 0 spiro atoms. The van der Waals surface area contributed by atoms with Gasteiger partial charge in [0.2, 0.25) is 0 Å². The molecule has 1 fully saturated rings. The molecule has 0 radical (unpaired) electrons. The van der Waals surface area contributed by atoms with Gasteiger partial charge in [-0.15, -0.1) is 10.2 Å². The summed E-state index contributed by atoms with van der Waals surface area (Å²) in [6.07, 6.45) is 9.34. The molecule has 1 saturated carbocycles. The molecule has 0 atom stereocenters. The number of furan rings is 1. The van der Waals surface area contributed by atoms with Gasteiger partial charge in [-0.2, -0.15) is 0 Å². The molecule has 0 saturated heterocycles. The molecule has 4 aromatic rings. The fraction of sp³-hybridized carbons (Fsp3) is 0.391. The van der Waals surface area contributed by atoms with E-state index in [-0.39, 0.29) is 0 Å². The summed E-state index contributed by atoms with van der Waals surface area (Å²) < 4.78 is 5.55. The van der Waals surface area contributed by atoms with Crippen molar-refractivity contribution < 1.29 is 4.42 Å². The van der Waals surface area contributed by atoms with Crippen molar-refractivity contribution in [1.29, 1.82) is 0 Å². The molecular formula is C23H26N6O. The molecule has 1 aliphatic rings. The van der Waals surface area contributed by atoms with E-state index in [0.717, 1.165) is 35.9 Å². The van der Waals surface area contributed by atoms with Crippen LogP contribution in [0, 0.1) is 0 Å². The minimum absolute atomic E-state index is 0.550. The lowest BCUT2D eigenvalue weighted by Crippen LogP contribution is -2.32. The van der Waals surface area contributed by atoms with E-state index in [1.54, 1.807) is 6.26 Å². The fourth-order valence-electron chi connectivity index (χ4n) is 4.15. The minimum Gasteiger partial charge on any atom is -0.461 e. The molecule has 0 unspecified atom stereocenters. The molecule has 1 aliphatic carbocycles. The van der Waals surface area contributed by atoms with Gasteiger partial charge < -0.3 is 15.1 Å². The predicted octanol–water partition coefficient (Wildman–Crippen LogP) is 4.56. The van der Waals surface area contributed by atoms with Crippen LogP contribution in [-0.2, 0) is 0 Å². The lowest BCUT2D eigenvalue weighted by Gasteiger charge is -2.22. The second kappa shape index (κ2) is 8.75. The Kier molecular flexibility index (Phi) is 5.52. The highest BCUT2D eigenvalue weighted by atomic mass is 16.3. The van der Waals surface area contributed by atoms with Crippen LogP contribution in [0.1, 0.15) is 38.5 Å². The monoisotopic (exact) mass is 402 g/mol. The smallest absolute Gasteiger partial charge is 0.198 e. The van der Waals surface area contributed by atoms with Crippen molar-refractivity contribution in [1.82, 2.24) is 25.5 Å². The first-order valence-corrected chi connectivity index (χ1v) is 10.8. The van der Waals surface area contributed by atoms with Crippen LogP contribution in [-0.4, -0.2) is 39.3 Å². The maximum atomic E-state index is 5.55. The zero-order chi connectivity index (χ0) is 20.2. The number of nitrogens with one attached hydrogen (secondary N) is 2. The third kappa shape index (κ3) is 3.98. The van der Waals surface area contributed by atoms with Crippen molar-refractivity contribution in [2.75, 3.05) is 18.4 Å². The number of rotatable bonds is 7. The second-order valence-corrected chi connectivity index (χ2v) is 7.86. The van der Waals surface area contributed by atoms with E-state index in [0.29, 0.717) is 29.0 Å². The normalized spacial score (nSPS) is 15.1. The van der Waals surface area contributed by atoms with Crippen LogP contribution < -0.4 is 10.6 Å². The zero-order valence-electron chi connectivity index (χ0n) is 17.0. The summed E-state index contributed by atoms with van der Waals surface area (Å²) in [5.41, 5.74) is 2.28. The molecule has 0 aliphatic heterocycles. The second-order valence-electron chi connectivity index (χ2n) is 7.86. The molecule has 7 nitrogen and oxygen atoms in total. The summed E-state index contributed by atoms with van der Waals surface area (Å²) in [5, 5.41) is 16.9. The summed E-state index contributed by atoms with van der Waals surface area (Å²) in [7, 11) is 0. The van der Waals surface area contributed by atoms with E-state index in [4.69, 9.17) is 14.4 Å². The molecule has 3 heterocycles. The van der Waals surface area contributed by atoms with Gasteiger partial charge in [0, 0.05) is 18.0 Å². The lowest BCUT2D eigenvalue weighted by molar-refractivity contribution is 0.373. The van der Waals surface area contributed by atoms with Crippen molar-refractivity contribution in [2.24, 2.45) is 0 Å². The molecular weight excluding hydrogens is 376 g/mol. The Hall–Kier alpha value is -3.06. The van der Waals surface area contributed by atoms with Gasteiger partial charge >= 0.3 is 0 Å². The van der Waals surface area contributed by atoms with Gasteiger partial charge in [0.15, 0.2) is 22.9 Å². The van der Waals surface area contributed by atoms with E-state index in [9.17, 15) is 0 Å². The van der Waals surface area contributed by atoms with Crippen LogP contribution in [0.5, 0.6) is 0 Å². The lowest BCUT2D eigenvalue weighted by atomic mass is 9.95. The Balaban J connectivity index is 1.38. The van der Waals surface area contributed by atoms with Crippen molar-refractivity contribution >= 4 is 27.8 Å². The average Bonchev–Trinajstić information content (AvgIpc) is 3.34. The number of anilines is 1. The van der Waals surface area contributed by atoms with E-state index < -0.39 is 0 Å². The summed E-state index contributed by atoms with van der Waals surface area (Å²) in [5.74, 6) is 1.88. The molecule has 2 N–H and O–H groups in total. The molecule has 7 heteroatoms.